The maximum Gasteiger partial charge on any atom is 0.358 e. The van der Waals surface area contributed by atoms with Gasteiger partial charge < -0.3 is 25.4 Å². The number of aliphatic hydroxyl groups is 2. The summed E-state index contributed by atoms with van der Waals surface area (Å²) in [6.45, 7) is -0.541. The summed E-state index contributed by atoms with van der Waals surface area (Å²) in [6, 6.07) is 0. The molecule has 3 rings (SSSR count). The van der Waals surface area contributed by atoms with Crippen molar-refractivity contribution in [3.8, 4) is 0 Å². The van der Waals surface area contributed by atoms with E-state index in [9.17, 15) is 19.1 Å². The van der Waals surface area contributed by atoms with Gasteiger partial charge in [-0.3, -0.25) is 4.57 Å². The number of rotatable bonds is 1. The van der Waals surface area contributed by atoms with E-state index in [-0.39, 0.29) is 0 Å². The number of nitrogens with zero attached hydrogens (tertiary/aromatic N) is 2. The number of nitrogens with two attached hydrogens (primary N) is 1. The number of fused-ring (bicyclic) bond motifs is 4. The third-order valence-corrected chi connectivity index (χ3v) is 3.28. The van der Waals surface area contributed by atoms with Crippen LogP contribution >= 0.6 is 0 Å². The number of hydrogen-bond acceptors (Lipinski definition) is 8. The number of halogens is 1. The van der Waals surface area contributed by atoms with Crippen LogP contribution in [0.3, 0.4) is 0 Å². The molecule has 2 aliphatic heterocycles. The third-order valence-electron chi connectivity index (χ3n) is 3.28. The highest BCUT2D eigenvalue weighted by Gasteiger charge is 2.51. The lowest BCUT2D eigenvalue weighted by atomic mass is 10.1. The minimum absolute atomic E-state index is 0.541. The minimum Gasteiger partial charge on any atom is -0.452 e. The molecule has 2 bridgehead atoms. The van der Waals surface area contributed by atoms with E-state index in [0.717, 1.165) is 0 Å². The second-order valence-corrected chi connectivity index (χ2v) is 4.42. The van der Waals surface area contributed by atoms with Crippen LogP contribution in [0.5, 0.6) is 0 Å². The Bertz CT molecular complexity index is 647. The average molecular weight is 287 g/mol. The Hall–Kier alpha value is -2.04. The van der Waals surface area contributed by atoms with Gasteiger partial charge in [0.1, 0.15) is 12.2 Å². The number of carbonyl (C=O) groups is 1. The molecule has 3 heterocycles. The van der Waals surface area contributed by atoms with Crippen LogP contribution in [0, 0.1) is 5.82 Å². The zero-order chi connectivity index (χ0) is 14.6. The fourth-order valence-electron chi connectivity index (χ4n) is 2.36. The number of carbonyl (C=O) groups excluding carboxylic acids is 1. The van der Waals surface area contributed by atoms with Crippen molar-refractivity contribution in [1.82, 2.24) is 9.55 Å². The molecule has 0 saturated carbocycles. The van der Waals surface area contributed by atoms with E-state index in [1.807, 2.05) is 0 Å². The first-order chi connectivity index (χ1) is 9.45. The molecule has 1 saturated heterocycles. The largest absolute Gasteiger partial charge is 0.452 e. The maximum absolute atomic E-state index is 13.9. The normalized spacial score (nSPS) is 31.6. The van der Waals surface area contributed by atoms with Gasteiger partial charge in [-0.1, -0.05) is 0 Å². The Kier molecular flexibility index (Phi) is 2.74. The molecular weight excluding hydrogens is 277 g/mol. The molecule has 2 aliphatic rings. The van der Waals surface area contributed by atoms with Crippen molar-refractivity contribution in [2.75, 3.05) is 12.3 Å². The fraction of sp³-hybridized carbons (Fsp3) is 0.500. The molecule has 0 radical (unpaired) electrons. The molecule has 9 nitrogen and oxygen atoms in total. The molecule has 20 heavy (non-hydrogen) atoms. The zero-order valence-corrected chi connectivity index (χ0v) is 9.89. The molecule has 108 valence electrons. The predicted octanol–water partition coefficient (Wildman–Crippen LogP) is -2.25. The van der Waals surface area contributed by atoms with Crippen LogP contribution < -0.4 is 11.4 Å². The molecular formula is C10H10FN3O6. The van der Waals surface area contributed by atoms with Crippen molar-refractivity contribution in [3.63, 3.8) is 0 Å². The van der Waals surface area contributed by atoms with Crippen molar-refractivity contribution in [2.45, 2.75) is 24.5 Å². The van der Waals surface area contributed by atoms with Crippen LogP contribution in [0.4, 0.5) is 10.2 Å². The van der Waals surface area contributed by atoms with E-state index < -0.39 is 60.1 Å². The molecule has 4 atom stereocenters. The van der Waals surface area contributed by atoms with Crippen LogP contribution in [0.15, 0.2) is 4.79 Å². The van der Waals surface area contributed by atoms with E-state index in [1.165, 1.54) is 0 Å². The lowest BCUT2D eigenvalue weighted by Gasteiger charge is -2.20. The van der Waals surface area contributed by atoms with Gasteiger partial charge in [-0.15, -0.1) is 0 Å². The van der Waals surface area contributed by atoms with Crippen LogP contribution in [0.2, 0.25) is 0 Å². The Morgan fingerprint density at radius 3 is 2.80 bits per heavy atom. The molecule has 1 unspecified atom stereocenters. The van der Waals surface area contributed by atoms with Crippen LogP contribution in [0.25, 0.3) is 0 Å². The Balaban J connectivity index is 2.26. The average Bonchev–Trinajstić information content (AvgIpc) is 2.63. The van der Waals surface area contributed by atoms with Crippen molar-refractivity contribution in [3.05, 3.63) is 22.0 Å². The highest BCUT2D eigenvalue weighted by Crippen LogP contribution is 2.35. The van der Waals surface area contributed by atoms with Gasteiger partial charge >= 0.3 is 11.7 Å². The van der Waals surface area contributed by atoms with Crippen LogP contribution in [0.1, 0.15) is 16.7 Å². The number of ether oxygens (including phenoxy) is 2. The van der Waals surface area contributed by atoms with E-state index in [4.69, 9.17) is 20.3 Å². The quantitative estimate of drug-likeness (QED) is 0.493. The molecule has 4 N–H and O–H groups in total. The zero-order valence-electron chi connectivity index (χ0n) is 9.89. The maximum atomic E-state index is 13.9. The lowest BCUT2D eigenvalue weighted by molar-refractivity contribution is -0.0643. The minimum atomic E-state index is -1.43. The first-order valence-electron chi connectivity index (χ1n) is 5.68. The van der Waals surface area contributed by atoms with Gasteiger partial charge in [0, 0.05) is 0 Å². The Morgan fingerprint density at radius 1 is 1.45 bits per heavy atom. The van der Waals surface area contributed by atoms with E-state index in [0.29, 0.717) is 4.57 Å². The van der Waals surface area contributed by atoms with Gasteiger partial charge in [-0.05, 0) is 0 Å². The summed E-state index contributed by atoms with van der Waals surface area (Å²) in [5.74, 6) is -3.15. The van der Waals surface area contributed by atoms with E-state index in [1.54, 1.807) is 0 Å². The van der Waals surface area contributed by atoms with Crippen LogP contribution in [-0.2, 0) is 9.47 Å². The van der Waals surface area contributed by atoms with Gasteiger partial charge in [-0.25, -0.2) is 14.0 Å². The van der Waals surface area contributed by atoms with Gasteiger partial charge in [0.05, 0.1) is 6.61 Å². The summed E-state index contributed by atoms with van der Waals surface area (Å²) in [6.07, 6.45) is -5.04. The fourth-order valence-corrected chi connectivity index (χ4v) is 2.36. The van der Waals surface area contributed by atoms with E-state index in [2.05, 4.69) is 4.98 Å². The standard InChI is InChI=1S/C10H10FN3O6/c11-3-4-9(17)20-6-2(1-15)19-8(5(6)16)14(4)10(18)13-7(3)12/h2,5-6,8,15-16H,1H2,(H2,12,13,18)/t2-,5-,6-,8?/m1/s1. The van der Waals surface area contributed by atoms with Crippen molar-refractivity contribution < 1.29 is 28.9 Å². The Morgan fingerprint density at radius 2 is 2.15 bits per heavy atom. The summed E-state index contributed by atoms with van der Waals surface area (Å²) in [4.78, 5) is 26.9. The molecule has 0 spiro atoms. The Labute approximate surface area is 110 Å². The van der Waals surface area contributed by atoms with Gasteiger partial charge in [0.25, 0.3) is 0 Å². The molecule has 1 aromatic rings. The summed E-state index contributed by atoms with van der Waals surface area (Å²) in [7, 11) is 0. The van der Waals surface area contributed by atoms with Gasteiger partial charge in [0.15, 0.2) is 29.7 Å². The van der Waals surface area contributed by atoms with E-state index >= 15 is 0 Å². The molecule has 1 fully saturated rings. The predicted molar refractivity (Wildman–Crippen MR) is 59.1 cm³/mol. The summed E-state index contributed by atoms with van der Waals surface area (Å²) >= 11 is 0. The topological polar surface area (TPSA) is 137 Å². The first-order valence-corrected chi connectivity index (χ1v) is 5.68. The highest BCUT2D eigenvalue weighted by atomic mass is 19.1. The first kappa shape index (κ1) is 13.0. The third kappa shape index (κ3) is 1.55. The monoisotopic (exact) mass is 287 g/mol. The van der Waals surface area contributed by atoms with Gasteiger partial charge in [0.2, 0.25) is 0 Å². The number of esters is 1. The van der Waals surface area contributed by atoms with Crippen molar-refractivity contribution in [2.24, 2.45) is 0 Å². The molecule has 0 aliphatic carbocycles. The lowest BCUT2D eigenvalue weighted by Crippen LogP contribution is -2.37. The molecule has 10 heteroatoms. The molecule has 0 amide bonds. The molecule has 1 aromatic heterocycles. The van der Waals surface area contributed by atoms with Crippen LogP contribution in [-0.4, -0.2) is 50.7 Å². The number of aromatic nitrogens is 2. The van der Waals surface area contributed by atoms with Crippen molar-refractivity contribution >= 4 is 11.8 Å². The smallest absolute Gasteiger partial charge is 0.358 e. The number of hydrogen-bond donors (Lipinski definition) is 3. The number of anilines is 1. The second-order valence-electron chi connectivity index (χ2n) is 4.42. The SMILES string of the molecule is Nc1nc(=O)n2c(c1F)C(=O)O[C@@H]1[C@@H](CO)OC2[C@@H]1O. The second kappa shape index (κ2) is 4.23. The summed E-state index contributed by atoms with van der Waals surface area (Å²) in [5.41, 5.74) is 3.38. The number of aliphatic hydroxyl groups excluding tert-OH is 2. The summed E-state index contributed by atoms with van der Waals surface area (Å²) < 4.78 is 24.5. The summed E-state index contributed by atoms with van der Waals surface area (Å²) in [5, 5.41) is 19.1. The highest BCUT2D eigenvalue weighted by molar-refractivity contribution is 5.89. The van der Waals surface area contributed by atoms with Crippen molar-refractivity contribution in [1.29, 1.82) is 0 Å². The van der Waals surface area contributed by atoms with Gasteiger partial charge in [-0.2, -0.15) is 4.98 Å². The molecule has 0 aromatic carbocycles. The number of nitrogen functional groups attached to an aromatic ring is 1.